The first-order chi connectivity index (χ1) is 17.8. The third-order valence-electron chi connectivity index (χ3n) is 6.28. The number of hydrogen-bond acceptors (Lipinski definition) is 6. The fourth-order valence-corrected chi connectivity index (χ4v) is 4.09. The number of aromatic nitrogens is 2. The van der Waals surface area contributed by atoms with E-state index in [2.05, 4.69) is 59.6 Å². The minimum atomic E-state index is 0.234. The number of benzene rings is 2. The number of hydrogen-bond donors (Lipinski definition) is 0. The van der Waals surface area contributed by atoms with E-state index in [1.54, 1.807) is 0 Å². The Morgan fingerprint density at radius 3 is 2.11 bits per heavy atom. The fraction of sp³-hybridized carbons (Fsp3) is 0.267. The van der Waals surface area contributed by atoms with Crippen LogP contribution >= 0.6 is 0 Å². The summed E-state index contributed by atoms with van der Waals surface area (Å²) in [7, 11) is 0. The van der Waals surface area contributed by atoms with Gasteiger partial charge < -0.3 is 18.9 Å². The molecular formula is C30H28N2O4. The van der Waals surface area contributed by atoms with Crippen LogP contribution in [0.15, 0.2) is 85.1 Å². The topological polar surface area (TPSA) is 69.3 Å². The molecule has 0 spiro atoms. The molecule has 0 amide bonds. The van der Waals surface area contributed by atoms with E-state index in [4.69, 9.17) is 23.9 Å². The highest BCUT2D eigenvalue weighted by atomic mass is 16.6. The lowest BCUT2D eigenvalue weighted by Gasteiger charge is -2.13. The first kappa shape index (κ1) is 23.0. The zero-order chi connectivity index (χ0) is 24.2. The van der Waals surface area contributed by atoms with Gasteiger partial charge in [0, 0.05) is 22.9 Å². The number of nitrogens with zero attached hydrogens (tertiary/aromatic N) is 2. The lowest BCUT2D eigenvalue weighted by molar-refractivity contribution is 0.104. The maximum absolute atomic E-state index is 5.94. The summed E-state index contributed by atoms with van der Waals surface area (Å²) in [4.78, 5) is 9.57. The Bertz CT molecular complexity index is 1300. The molecule has 2 atom stereocenters. The van der Waals surface area contributed by atoms with Gasteiger partial charge in [-0.25, -0.2) is 4.98 Å². The van der Waals surface area contributed by atoms with Crippen LogP contribution in [0, 0.1) is 0 Å². The molecule has 2 aromatic heterocycles. The molecule has 36 heavy (non-hydrogen) atoms. The second-order valence-corrected chi connectivity index (χ2v) is 9.13. The van der Waals surface area contributed by atoms with Crippen LogP contribution in [0.5, 0.6) is 0 Å². The van der Waals surface area contributed by atoms with Crippen molar-refractivity contribution >= 4 is 0 Å². The smallest absolute Gasteiger partial charge is 0.104 e. The molecule has 6 nitrogen and oxygen atoms in total. The molecule has 0 aliphatic carbocycles. The molecule has 0 N–H and O–H groups in total. The molecule has 0 saturated carbocycles. The van der Waals surface area contributed by atoms with Crippen LogP contribution in [0.2, 0.25) is 0 Å². The molecule has 4 heterocycles. The van der Waals surface area contributed by atoms with Crippen LogP contribution in [-0.4, -0.2) is 48.6 Å². The highest BCUT2D eigenvalue weighted by molar-refractivity contribution is 5.74. The summed E-state index contributed by atoms with van der Waals surface area (Å²) < 4.78 is 22.1. The molecule has 2 saturated heterocycles. The maximum atomic E-state index is 5.94. The summed E-state index contributed by atoms with van der Waals surface area (Å²) >= 11 is 0. The average Bonchev–Trinajstić information content (AvgIpc) is 3.87. The molecule has 2 aliphatic heterocycles. The summed E-state index contributed by atoms with van der Waals surface area (Å²) in [5.41, 5.74) is 8.15. The molecule has 0 radical (unpaired) electrons. The van der Waals surface area contributed by atoms with Gasteiger partial charge in [-0.05, 0) is 41.5 Å². The number of epoxide rings is 2. The Labute approximate surface area is 210 Å². The van der Waals surface area contributed by atoms with Crippen molar-refractivity contribution in [1.82, 2.24) is 9.97 Å². The third-order valence-corrected chi connectivity index (χ3v) is 6.28. The number of pyridine rings is 2. The van der Waals surface area contributed by atoms with Crippen molar-refractivity contribution in [3.8, 4) is 33.8 Å². The van der Waals surface area contributed by atoms with Gasteiger partial charge in [-0.1, -0.05) is 48.5 Å². The van der Waals surface area contributed by atoms with Gasteiger partial charge >= 0.3 is 0 Å². The van der Waals surface area contributed by atoms with E-state index in [-0.39, 0.29) is 12.2 Å². The van der Waals surface area contributed by atoms with Gasteiger partial charge in [0.1, 0.15) is 12.2 Å². The van der Waals surface area contributed by atoms with E-state index in [0.29, 0.717) is 26.4 Å². The van der Waals surface area contributed by atoms with E-state index in [1.165, 1.54) is 0 Å². The van der Waals surface area contributed by atoms with Gasteiger partial charge in [0.05, 0.1) is 56.7 Å². The Morgan fingerprint density at radius 1 is 0.694 bits per heavy atom. The summed E-state index contributed by atoms with van der Waals surface area (Å²) in [5.74, 6) is 0. The molecule has 6 heteroatoms. The van der Waals surface area contributed by atoms with Crippen LogP contribution in [0.4, 0.5) is 0 Å². The van der Waals surface area contributed by atoms with Gasteiger partial charge in [0.15, 0.2) is 0 Å². The van der Waals surface area contributed by atoms with Gasteiger partial charge in [0.2, 0.25) is 0 Å². The van der Waals surface area contributed by atoms with Crippen LogP contribution in [0.3, 0.4) is 0 Å². The molecule has 2 unspecified atom stereocenters. The summed E-state index contributed by atoms with van der Waals surface area (Å²) in [6.07, 6.45) is 2.33. The molecule has 6 rings (SSSR count). The summed E-state index contributed by atoms with van der Waals surface area (Å²) in [6.45, 7) is 3.96. The van der Waals surface area contributed by atoms with Crippen molar-refractivity contribution < 1.29 is 18.9 Å². The third kappa shape index (κ3) is 5.86. The van der Waals surface area contributed by atoms with Crippen molar-refractivity contribution in [3.05, 3.63) is 96.2 Å². The predicted molar refractivity (Wildman–Crippen MR) is 137 cm³/mol. The monoisotopic (exact) mass is 480 g/mol. The largest absolute Gasteiger partial charge is 0.374 e. The fourth-order valence-electron chi connectivity index (χ4n) is 4.09. The summed E-state index contributed by atoms with van der Waals surface area (Å²) in [6, 6.07) is 26.9. The Morgan fingerprint density at radius 2 is 1.39 bits per heavy atom. The van der Waals surface area contributed by atoms with Crippen molar-refractivity contribution in [2.24, 2.45) is 0 Å². The van der Waals surface area contributed by atoms with Crippen LogP contribution in [0.1, 0.15) is 11.1 Å². The average molecular weight is 481 g/mol. The van der Waals surface area contributed by atoms with Crippen molar-refractivity contribution in [2.75, 3.05) is 26.4 Å². The zero-order valence-corrected chi connectivity index (χ0v) is 20.0. The van der Waals surface area contributed by atoms with E-state index >= 15 is 0 Å². The van der Waals surface area contributed by atoms with Gasteiger partial charge in [-0.3, -0.25) is 4.98 Å². The van der Waals surface area contributed by atoms with E-state index in [9.17, 15) is 0 Å². The van der Waals surface area contributed by atoms with E-state index in [1.807, 2.05) is 30.5 Å². The molecule has 2 fully saturated rings. The standard InChI is InChI=1S/C30H28N2O4/c1-2-13-31-28(4-1)23-11-12-24(16-34-18-26-20-36-26)27(14-23)30-6-3-5-29(32-30)22-9-7-21(8-10-22)15-33-17-25-19-35-25/h1-14,25-26H,15-20H2. The minimum Gasteiger partial charge on any atom is -0.374 e. The Kier molecular flexibility index (Phi) is 6.83. The lowest BCUT2D eigenvalue weighted by Crippen LogP contribution is -2.03. The zero-order valence-electron chi connectivity index (χ0n) is 20.0. The summed E-state index contributed by atoms with van der Waals surface area (Å²) in [5, 5.41) is 0. The quantitative estimate of drug-likeness (QED) is 0.271. The van der Waals surface area contributed by atoms with Crippen molar-refractivity contribution in [3.63, 3.8) is 0 Å². The molecule has 0 bridgehead atoms. The van der Waals surface area contributed by atoms with Crippen LogP contribution in [-0.2, 0) is 32.2 Å². The maximum Gasteiger partial charge on any atom is 0.104 e. The minimum absolute atomic E-state index is 0.234. The predicted octanol–water partition coefficient (Wildman–Crippen LogP) is 5.31. The number of ether oxygens (including phenoxy) is 4. The van der Waals surface area contributed by atoms with Crippen molar-refractivity contribution in [1.29, 1.82) is 0 Å². The van der Waals surface area contributed by atoms with Crippen LogP contribution < -0.4 is 0 Å². The normalized spacial score (nSPS) is 18.2. The molecule has 4 aromatic rings. The van der Waals surface area contributed by atoms with Crippen molar-refractivity contribution in [2.45, 2.75) is 25.4 Å². The van der Waals surface area contributed by atoms with E-state index in [0.717, 1.165) is 58.1 Å². The number of rotatable bonds is 11. The highest BCUT2D eigenvalue weighted by Crippen LogP contribution is 2.30. The Balaban J connectivity index is 1.26. The van der Waals surface area contributed by atoms with E-state index < -0.39 is 0 Å². The highest BCUT2D eigenvalue weighted by Gasteiger charge is 2.23. The second-order valence-electron chi connectivity index (χ2n) is 9.13. The van der Waals surface area contributed by atoms with Gasteiger partial charge in [0.25, 0.3) is 0 Å². The molecular weight excluding hydrogens is 452 g/mol. The Hall–Kier alpha value is -3.42. The van der Waals surface area contributed by atoms with Gasteiger partial charge in [-0.15, -0.1) is 0 Å². The van der Waals surface area contributed by atoms with Crippen LogP contribution in [0.25, 0.3) is 33.8 Å². The van der Waals surface area contributed by atoms with Gasteiger partial charge in [-0.2, -0.15) is 0 Å². The molecule has 182 valence electrons. The first-order valence-corrected chi connectivity index (χ1v) is 12.3. The second kappa shape index (κ2) is 10.7. The molecule has 2 aromatic carbocycles. The molecule has 2 aliphatic rings. The first-order valence-electron chi connectivity index (χ1n) is 12.3. The lowest BCUT2D eigenvalue weighted by atomic mass is 9.98. The SMILES string of the molecule is c1ccc(-c2ccc(COCC3CO3)c(-c3cccc(-c4ccc(COCC5CO5)cc4)n3)c2)nc1.